The Morgan fingerprint density at radius 3 is 2.38 bits per heavy atom. The van der Waals surface area contributed by atoms with Gasteiger partial charge in [-0.1, -0.05) is 13.2 Å². The number of hydrogen-bond donors (Lipinski definition) is 1. The fourth-order valence-corrected chi connectivity index (χ4v) is 2.27. The number of anilines is 1. The van der Waals surface area contributed by atoms with Crippen molar-refractivity contribution in [3.05, 3.63) is 47.4 Å². The van der Waals surface area contributed by atoms with Crippen LogP contribution in [0.2, 0.25) is 0 Å². The first-order valence-corrected chi connectivity index (χ1v) is 6.76. The molecule has 0 aliphatic heterocycles. The van der Waals surface area contributed by atoms with E-state index in [0.29, 0.717) is 22.3 Å². The lowest BCUT2D eigenvalue weighted by Crippen LogP contribution is -2.28. The van der Waals surface area contributed by atoms with E-state index in [1.54, 1.807) is 19.9 Å². The van der Waals surface area contributed by atoms with Crippen LogP contribution in [0.4, 0.5) is 5.69 Å². The molecule has 0 fully saturated rings. The second-order valence-corrected chi connectivity index (χ2v) is 5.01. The second-order valence-electron chi connectivity index (χ2n) is 5.01. The lowest BCUT2D eigenvalue weighted by atomic mass is 10.2. The van der Waals surface area contributed by atoms with Crippen LogP contribution >= 0.6 is 0 Å². The maximum atomic E-state index is 12.5. The average molecular weight is 285 g/mol. The number of aromatic nitrogens is 2. The highest BCUT2D eigenvalue weighted by molar-refractivity contribution is 6.01. The highest BCUT2D eigenvalue weighted by atomic mass is 16.2. The lowest BCUT2D eigenvalue weighted by Gasteiger charge is -2.05. The Bertz CT molecular complexity index is 809. The second kappa shape index (κ2) is 5.44. The quantitative estimate of drug-likeness (QED) is 0.879. The van der Waals surface area contributed by atoms with Crippen LogP contribution < -0.4 is 11.0 Å². The molecule has 1 aromatic heterocycles. The van der Waals surface area contributed by atoms with Crippen LogP contribution in [0.25, 0.3) is 16.7 Å². The number of imidazole rings is 1. The van der Waals surface area contributed by atoms with Crippen LogP contribution in [0.1, 0.15) is 25.6 Å². The van der Waals surface area contributed by atoms with Crippen molar-refractivity contribution in [3.8, 4) is 0 Å². The number of nitrogens with zero attached hydrogens (tertiary/aromatic N) is 2. The summed E-state index contributed by atoms with van der Waals surface area (Å²) in [6, 6.07) is 5.48. The number of nitrogens with one attached hydrogen (secondary N) is 1. The third-order valence-electron chi connectivity index (χ3n) is 3.17. The Labute approximate surface area is 123 Å². The van der Waals surface area contributed by atoms with Crippen LogP contribution in [0.5, 0.6) is 0 Å². The molecular formula is C16H19N3O2. The van der Waals surface area contributed by atoms with Gasteiger partial charge in [0.2, 0.25) is 0 Å². The zero-order valence-corrected chi connectivity index (χ0v) is 12.6. The van der Waals surface area contributed by atoms with Crippen LogP contribution in [0.3, 0.4) is 0 Å². The molecule has 1 aromatic carbocycles. The van der Waals surface area contributed by atoms with Gasteiger partial charge in [-0.3, -0.25) is 9.36 Å². The van der Waals surface area contributed by atoms with Crippen molar-refractivity contribution in [2.75, 3.05) is 11.9 Å². The van der Waals surface area contributed by atoms with Crippen molar-refractivity contribution in [3.63, 3.8) is 0 Å². The molecule has 0 unspecified atom stereocenters. The third-order valence-corrected chi connectivity index (χ3v) is 3.17. The molecule has 0 saturated heterocycles. The first-order chi connectivity index (χ1) is 9.88. The summed E-state index contributed by atoms with van der Waals surface area (Å²) in [5.74, 6) is -0.404. The Kier molecular flexibility index (Phi) is 3.84. The fourth-order valence-electron chi connectivity index (χ4n) is 2.27. The zero-order valence-electron chi connectivity index (χ0n) is 12.6. The molecular weight excluding hydrogens is 266 g/mol. The molecule has 0 bridgehead atoms. The maximum absolute atomic E-state index is 12.5. The Hall–Kier alpha value is -2.56. The zero-order chi connectivity index (χ0) is 15.7. The van der Waals surface area contributed by atoms with E-state index < -0.39 is 11.6 Å². The number of rotatable bonds is 4. The molecule has 2 aromatic rings. The summed E-state index contributed by atoms with van der Waals surface area (Å²) in [6.07, 6.45) is 0. The molecule has 5 heteroatoms. The molecule has 21 heavy (non-hydrogen) atoms. The summed E-state index contributed by atoms with van der Waals surface area (Å²) in [5.41, 5.74) is 2.52. The van der Waals surface area contributed by atoms with Gasteiger partial charge in [-0.05, 0) is 39.0 Å². The minimum absolute atomic E-state index is 0.312. The fraction of sp³-hybridized carbons (Fsp3) is 0.250. The average Bonchev–Trinajstić information content (AvgIpc) is 2.69. The smallest absolute Gasteiger partial charge is 0.340 e. The maximum Gasteiger partial charge on any atom is 0.340 e. The number of hydrogen-bond acceptors (Lipinski definition) is 3. The molecule has 0 spiro atoms. The van der Waals surface area contributed by atoms with Gasteiger partial charge in [0, 0.05) is 23.5 Å². The lowest BCUT2D eigenvalue weighted by molar-refractivity contribution is 0.0956. The van der Waals surface area contributed by atoms with E-state index in [1.165, 1.54) is 4.57 Å². The molecule has 0 radical (unpaired) electrons. The molecule has 0 atom stereocenters. The van der Waals surface area contributed by atoms with Crippen molar-refractivity contribution in [2.45, 2.75) is 20.8 Å². The number of benzene rings is 1. The minimum Gasteiger partial charge on any atom is -0.385 e. The molecule has 1 N–H and O–H groups in total. The SMILES string of the molecule is C=C(C)C(=O)n1c(=O)n(C(=C)C)c2ccc(NCC)cc21. The van der Waals surface area contributed by atoms with E-state index in [9.17, 15) is 9.59 Å². The van der Waals surface area contributed by atoms with Crippen molar-refractivity contribution in [2.24, 2.45) is 0 Å². The Morgan fingerprint density at radius 1 is 1.19 bits per heavy atom. The van der Waals surface area contributed by atoms with Gasteiger partial charge >= 0.3 is 5.69 Å². The van der Waals surface area contributed by atoms with Gasteiger partial charge in [0.05, 0.1) is 11.0 Å². The number of carbonyl (C=O) groups excluding carboxylic acids is 1. The summed E-state index contributed by atoms with van der Waals surface area (Å²) < 4.78 is 2.58. The summed E-state index contributed by atoms with van der Waals surface area (Å²) in [5, 5.41) is 3.17. The van der Waals surface area contributed by atoms with E-state index in [4.69, 9.17) is 0 Å². The minimum atomic E-state index is -0.417. The number of fused-ring (bicyclic) bond motifs is 1. The first-order valence-electron chi connectivity index (χ1n) is 6.76. The molecule has 0 amide bonds. The highest BCUT2D eigenvalue weighted by Gasteiger charge is 2.19. The van der Waals surface area contributed by atoms with Crippen LogP contribution in [0, 0.1) is 0 Å². The molecule has 0 aliphatic rings. The normalized spacial score (nSPS) is 10.6. The van der Waals surface area contributed by atoms with E-state index in [1.807, 2.05) is 19.1 Å². The predicted octanol–water partition coefficient (Wildman–Crippen LogP) is 2.94. The van der Waals surface area contributed by atoms with Gasteiger partial charge in [-0.2, -0.15) is 0 Å². The predicted molar refractivity (Wildman–Crippen MR) is 86.8 cm³/mol. The number of carbonyl (C=O) groups is 1. The Morgan fingerprint density at radius 2 is 1.86 bits per heavy atom. The summed E-state index contributed by atoms with van der Waals surface area (Å²) >= 11 is 0. The van der Waals surface area contributed by atoms with Gasteiger partial charge in [0.1, 0.15) is 0 Å². The van der Waals surface area contributed by atoms with Gasteiger partial charge < -0.3 is 5.32 Å². The van der Waals surface area contributed by atoms with Gasteiger partial charge in [0.15, 0.2) is 0 Å². The monoisotopic (exact) mass is 285 g/mol. The van der Waals surface area contributed by atoms with Crippen molar-refractivity contribution in [1.29, 1.82) is 0 Å². The van der Waals surface area contributed by atoms with E-state index in [0.717, 1.165) is 16.8 Å². The standard InChI is InChI=1S/C16H19N3O2/c1-6-17-12-7-8-13-14(9-12)19(15(20)10(2)3)16(21)18(13)11(4)5/h7-9,17H,2,4,6H2,1,3,5H3. The van der Waals surface area contributed by atoms with E-state index in [-0.39, 0.29) is 0 Å². The van der Waals surface area contributed by atoms with Crippen LogP contribution in [-0.4, -0.2) is 21.6 Å². The van der Waals surface area contributed by atoms with Crippen molar-refractivity contribution in [1.82, 2.24) is 9.13 Å². The van der Waals surface area contributed by atoms with Crippen LogP contribution in [0.15, 0.2) is 41.7 Å². The summed E-state index contributed by atoms with van der Waals surface area (Å²) in [7, 11) is 0. The van der Waals surface area contributed by atoms with Crippen molar-refractivity contribution >= 4 is 28.3 Å². The summed E-state index contributed by atoms with van der Waals surface area (Å²) in [4.78, 5) is 24.8. The van der Waals surface area contributed by atoms with E-state index in [2.05, 4.69) is 18.5 Å². The summed E-state index contributed by atoms with van der Waals surface area (Å²) in [6.45, 7) is 13.5. The molecule has 0 saturated carbocycles. The molecule has 0 aliphatic carbocycles. The van der Waals surface area contributed by atoms with Crippen LogP contribution in [-0.2, 0) is 0 Å². The van der Waals surface area contributed by atoms with Gasteiger partial charge in [0.25, 0.3) is 5.91 Å². The van der Waals surface area contributed by atoms with Gasteiger partial charge in [-0.25, -0.2) is 9.36 Å². The molecule has 2 rings (SSSR count). The number of allylic oxidation sites excluding steroid dienone is 2. The molecule has 110 valence electrons. The highest BCUT2D eigenvalue weighted by Crippen LogP contribution is 2.21. The van der Waals surface area contributed by atoms with Gasteiger partial charge in [-0.15, -0.1) is 0 Å². The van der Waals surface area contributed by atoms with Crippen molar-refractivity contribution < 1.29 is 4.79 Å². The molecule has 5 nitrogen and oxygen atoms in total. The van der Waals surface area contributed by atoms with E-state index >= 15 is 0 Å². The third kappa shape index (κ3) is 2.42. The topological polar surface area (TPSA) is 56.0 Å². The first kappa shape index (κ1) is 14.8. The Balaban J connectivity index is 2.87. The largest absolute Gasteiger partial charge is 0.385 e. The molecule has 1 heterocycles.